The summed E-state index contributed by atoms with van der Waals surface area (Å²) in [5, 5.41) is 9.45. The minimum Gasteiger partial charge on any atom is -0.465 e. The second-order valence-electron chi connectivity index (χ2n) is 3.93. The van der Waals surface area contributed by atoms with E-state index in [9.17, 15) is 4.79 Å². The number of hydrogen-bond donors (Lipinski definition) is 0. The Morgan fingerprint density at radius 2 is 2.33 bits per heavy atom. The van der Waals surface area contributed by atoms with Crippen LogP contribution in [0.4, 0.5) is 0 Å². The van der Waals surface area contributed by atoms with Crippen LogP contribution in [-0.4, -0.2) is 29.8 Å². The first-order valence-electron chi connectivity index (χ1n) is 6.24. The molecule has 3 heterocycles. The summed E-state index contributed by atoms with van der Waals surface area (Å²) in [6, 6.07) is 1.65. The van der Waals surface area contributed by atoms with E-state index < -0.39 is 0 Å². The Balaban J connectivity index is 1.96. The largest absolute Gasteiger partial charge is 0.465 e. The molecule has 21 heavy (non-hydrogen) atoms. The van der Waals surface area contributed by atoms with Gasteiger partial charge < -0.3 is 4.74 Å². The molecule has 0 saturated heterocycles. The second-order valence-corrected chi connectivity index (χ2v) is 5.50. The third-order valence-corrected chi connectivity index (χ3v) is 3.95. The monoisotopic (exact) mass is 370 g/mol. The van der Waals surface area contributed by atoms with Gasteiger partial charge in [0.2, 0.25) is 0 Å². The minimum absolute atomic E-state index is 0.125. The third kappa shape index (κ3) is 2.72. The molecule has 0 fully saturated rings. The Bertz CT molecular complexity index is 876. The number of aromatic nitrogens is 6. The van der Waals surface area contributed by atoms with E-state index in [0.717, 1.165) is 4.68 Å². The van der Waals surface area contributed by atoms with Crippen LogP contribution >= 0.6 is 27.3 Å². The van der Waals surface area contributed by atoms with Crippen LogP contribution in [0.3, 0.4) is 0 Å². The van der Waals surface area contributed by atoms with Crippen molar-refractivity contribution in [1.29, 1.82) is 0 Å². The number of pyridine rings is 1. The SMILES string of the molecule is [3H]c1csc(OCc2c(-n3nnn(C)c3=O)ccnc2Br)n1. The lowest BCUT2D eigenvalue weighted by molar-refractivity contribution is 0.302. The maximum Gasteiger partial charge on any atom is 0.368 e. The molecule has 0 radical (unpaired) electrons. The Morgan fingerprint density at radius 3 is 3.00 bits per heavy atom. The quantitative estimate of drug-likeness (QED) is 0.640. The first kappa shape index (κ1) is 12.7. The van der Waals surface area contributed by atoms with Gasteiger partial charge in [-0.3, -0.25) is 0 Å². The third-order valence-electron chi connectivity index (χ3n) is 2.64. The molecule has 0 aliphatic rings. The van der Waals surface area contributed by atoms with Gasteiger partial charge in [-0.2, -0.15) is 9.36 Å². The molecule has 0 saturated carbocycles. The topological polar surface area (TPSA) is 87.7 Å². The minimum atomic E-state index is -0.373. The molecule has 108 valence electrons. The molecule has 10 heteroatoms. The summed E-state index contributed by atoms with van der Waals surface area (Å²) in [5.41, 5.74) is 0.775. The molecule has 0 atom stereocenters. The lowest BCUT2D eigenvalue weighted by Gasteiger charge is -2.09. The van der Waals surface area contributed by atoms with E-state index in [4.69, 9.17) is 6.11 Å². The lowest BCUT2D eigenvalue weighted by Crippen LogP contribution is -2.23. The van der Waals surface area contributed by atoms with E-state index >= 15 is 0 Å². The molecule has 3 rings (SSSR count). The van der Waals surface area contributed by atoms with E-state index in [1.807, 2.05) is 0 Å². The molecule has 0 aromatic carbocycles. The van der Waals surface area contributed by atoms with Gasteiger partial charge in [0.25, 0.3) is 5.19 Å². The van der Waals surface area contributed by atoms with Crippen molar-refractivity contribution in [1.82, 2.24) is 29.8 Å². The molecule has 8 nitrogen and oxygen atoms in total. The molecule has 3 aromatic rings. The van der Waals surface area contributed by atoms with Crippen molar-refractivity contribution in [2.24, 2.45) is 7.05 Å². The van der Waals surface area contributed by atoms with Gasteiger partial charge in [0, 0.05) is 30.4 Å². The summed E-state index contributed by atoms with van der Waals surface area (Å²) in [7, 11) is 1.52. The van der Waals surface area contributed by atoms with Gasteiger partial charge in [0.15, 0.2) is 0 Å². The smallest absolute Gasteiger partial charge is 0.368 e. The van der Waals surface area contributed by atoms with Crippen molar-refractivity contribution in [3.63, 3.8) is 0 Å². The van der Waals surface area contributed by atoms with Crippen molar-refractivity contribution in [3.8, 4) is 10.9 Å². The normalized spacial score (nSPS) is 11.4. The van der Waals surface area contributed by atoms with Crippen molar-refractivity contribution < 1.29 is 6.11 Å². The second kappa shape index (κ2) is 5.74. The van der Waals surface area contributed by atoms with Crippen LogP contribution in [0.25, 0.3) is 5.69 Å². The standard InChI is InChI=1S/C11H9BrN6O2S/c1-17-11(19)18(16-15-17)8-2-3-13-9(12)7(8)6-20-10-14-4-5-21-10/h2-5H,6H2,1H3/i4T. The van der Waals surface area contributed by atoms with Gasteiger partial charge in [-0.1, -0.05) is 11.3 Å². The molecular formula is C11H9BrN6O2S. The fourth-order valence-electron chi connectivity index (χ4n) is 1.64. The van der Waals surface area contributed by atoms with Crippen LogP contribution in [-0.2, 0) is 13.7 Å². The zero-order valence-corrected chi connectivity index (χ0v) is 13.1. The average Bonchev–Trinajstić information content (AvgIpc) is 3.05. The van der Waals surface area contributed by atoms with E-state index in [-0.39, 0.29) is 18.5 Å². The van der Waals surface area contributed by atoms with Crippen molar-refractivity contribution >= 4 is 27.3 Å². The molecule has 0 unspecified atom stereocenters. The Morgan fingerprint density at radius 1 is 1.48 bits per heavy atom. The van der Waals surface area contributed by atoms with Gasteiger partial charge >= 0.3 is 5.69 Å². The number of halogens is 1. The first-order valence-corrected chi connectivity index (χ1v) is 7.41. The highest BCUT2D eigenvalue weighted by Crippen LogP contribution is 2.23. The summed E-state index contributed by atoms with van der Waals surface area (Å²) in [6.45, 7) is 0.125. The summed E-state index contributed by atoms with van der Waals surface area (Å²) in [4.78, 5) is 20.0. The fraction of sp³-hybridized carbons (Fsp3) is 0.182. The highest BCUT2D eigenvalue weighted by molar-refractivity contribution is 9.10. The van der Waals surface area contributed by atoms with Gasteiger partial charge in [0.1, 0.15) is 11.2 Å². The number of rotatable bonds is 4. The van der Waals surface area contributed by atoms with Crippen LogP contribution in [0.5, 0.6) is 5.19 Å². The van der Waals surface area contributed by atoms with Crippen LogP contribution < -0.4 is 10.4 Å². The van der Waals surface area contributed by atoms with Crippen LogP contribution in [0.1, 0.15) is 6.93 Å². The number of ether oxygens (including phenoxy) is 1. The predicted molar refractivity (Wildman–Crippen MR) is 78.5 cm³/mol. The summed E-state index contributed by atoms with van der Waals surface area (Å²) in [5.74, 6) is 0. The van der Waals surface area contributed by atoms with Gasteiger partial charge in [-0.05, 0) is 32.4 Å². The fourth-order valence-corrected chi connectivity index (χ4v) is 2.51. The van der Waals surface area contributed by atoms with Gasteiger partial charge in [-0.25, -0.2) is 14.8 Å². The van der Waals surface area contributed by atoms with Crippen LogP contribution in [0.15, 0.2) is 33.2 Å². The van der Waals surface area contributed by atoms with E-state index in [2.05, 4.69) is 36.3 Å². The van der Waals surface area contributed by atoms with E-state index in [1.165, 1.54) is 23.1 Å². The van der Waals surface area contributed by atoms with E-state index in [1.54, 1.807) is 17.6 Å². The predicted octanol–water partition coefficient (Wildman–Crippen LogP) is 1.16. The highest BCUT2D eigenvalue weighted by atomic mass is 79.9. The first-order chi connectivity index (χ1) is 10.6. The highest BCUT2D eigenvalue weighted by Gasteiger charge is 2.15. The Hall–Kier alpha value is -2.07. The van der Waals surface area contributed by atoms with Crippen molar-refractivity contribution in [2.45, 2.75) is 6.61 Å². The lowest BCUT2D eigenvalue weighted by atomic mass is 10.2. The van der Waals surface area contributed by atoms with Crippen molar-refractivity contribution in [3.05, 3.63) is 44.5 Å². The number of tetrazole rings is 1. The molecular weight excluding hydrogens is 360 g/mol. The number of thiazole rings is 1. The van der Waals surface area contributed by atoms with Gasteiger partial charge in [-0.15, -0.1) is 0 Å². The molecule has 0 bridgehead atoms. The van der Waals surface area contributed by atoms with E-state index in [0.29, 0.717) is 21.0 Å². The van der Waals surface area contributed by atoms with Crippen molar-refractivity contribution in [2.75, 3.05) is 0 Å². The molecule has 0 N–H and O–H groups in total. The maximum atomic E-state index is 12.0. The molecule has 3 aromatic heterocycles. The summed E-state index contributed by atoms with van der Waals surface area (Å²) in [6.07, 6.45) is 1.70. The average molecular weight is 371 g/mol. The molecule has 0 amide bonds. The molecule has 0 aliphatic heterocycles. The summed E-state index contributed by atoms with van der Waals surface area (Å²) >= 11 is 4.57. The molecule has 0 spiro atoms. The number of nitrogens with zero attached hydrogens (tertiary/aromatic N) is 6. The Labute approximate surface area is 132 Å². The number of hydrogen-bond acceptors (Lipinski definition) is 7. The zero-order valence-electron chi connectivity index (χ0n) is 11.7. The van der Waals surface area contributed by atoms with Crippen LogP contribution in [0.2, 0.25) is 0 Å². The zero-order chi connectivity index (χ0) is 15.7. The summed E-state index contributed by atoms with van der Waals surface area (Å²) < 4.78 is 15.8. The van der Waals surface area contributed by atoms with Crippen LogP contribution in [0, 0.1) is 0 Å². The molecule has 0 aliphatic carbocycles. The Kier molecular flexibility index (Phi) is 3.46. The van der Waals surface area contributed by atoms with Gasteiger partial charge in [0.05, 0.1) is 7.06 Å². The maximum absolute atomic E-state index is 12.0. The number of aryl methyl sites for hydroxylation is 1.